The van der Waals surface area contributed by atoms with E-state index in [2.05, 4.69) is 18.5 Å². The van der Waals surface area contributed by atoms with E-state index < -0.39 is 10.0 Å². The van der Waals surface area contributed by atoms with Crippen molar-refractivity contribution >= 4 is 21.6 Å². The molecule has 0 heterocycles. The average Bonchev–Trinajstić information content (AvgIpc) is 2.53. The van der Waals surface area contributed by atoms with Gasteiger partial charge in [-0.3, -0.25) is 4.79 Å². The van der Waals surface area contributed by atoms with Crippen molar-refractivity contribution in [2.45, 2.75) is 11.8 Å². The Bertz CT molecular complexity index is 702. The summed E-state index contributed by atoms with van der Waals surface area (Å²) in [6.45, 7) is 10.0. The largest absolute Gasteiger partial charge is 0.376 e. The molecule has 7 heteroatoms. The molecule has 0 aliphatic heterocycles. The van der Waals surface area contributed by atoms with Crippen LogP contribution in [0.25, 0.3) is 0 Å². The predicted octanol–water partition coefficient (Wildman–Crippen LogP) is 1.86. The van der Waals surface area contributed by atoms with Crippen LogP contribution in [0, 0.1) is 6.92 Å². The molecule has 1 rings (SSSR count). The normalized spacial score (nSPS) is 11.2. The fraction of sp³-hybridized carbons (Fsp3) is 0.353. The first-order chi connectivity index (χ1) is 11.2. The third-order valence-electron chi connectivity index (χ3n) is 3.47. The molecule has 0 fully saturated rings. The van der Waals surface area contributed by atoms with E-state index in [9.17, 15) is 13.2 Å². The van der Waals surface area contributed by atoms with Gasteiger partial charge in [-0.15, -0.1) is 13.2 Å². The van der Waals surface area contributed by atoms with Crippen LogP contribution in [-0.2, 0) is 14.8 Å². The van der Waals surface area contributed by atoms with Crippen LogP contribution in [0.5, 0.6) is 0 Å². The van der Waals surface area contributed by atoms with E-state index in [-0.39, 0.29) is 17.3 Å². The molecule has 0 radical (unpaired) electrons. The second kappa shape index (κ2) is 8.65. The van der Waals surface area contributed by atoms with Gasteiger partial charge in [0.05, 0.1) is 11.4 Å². The van der Waals surface area contributed by atoms with E-state index in [1.807, 2.05) is 6.92 Å². The van der Waals surface area contributed by atoms with Crippen LogP contribution in [0.4, 0.5) is 5.69 Å². The van der Waals surface area contributed by atoms with Crippen molar-refractivity contribution < 1.29 is 13.2 Å². The SMILES string of the molecule is C=CCN(CC=C)C(=O)CNc1cc(S(=O)(=O)N(C)C)ccc1C. The Labute approximate surface area is 144 Å². The van der Waals surface area contributed by atoms with Gasteiger partial charge < -0.3 is 10.2 Å². The van der Waals surface area contributed by atoms with Crippen molar-refractivity contribution in [2.24, 2.45) is 0 Å². The Balaban J connectivity index is 2.93. The lowest BCUT2D eigenvalue weighted by atomic mass is 10.2. The van der Waals surface area contributed by atoms with Crippen LogP contribution >= 0.6 is 0 Å². The molecule has 0 aliphatic carbocycles. The maximum atomic E-state index is 12.2. The highest BCUT2D eigenvalue weighted by Gasteiger charge is 2.18. The summed E-state index contributed by atoms with van der Waals surface area (Å²) >= 11 is 0. The summed E-state index contributed by atoms with van der Waals surface area (Å²) < 4.78 is 25.6. The Morgan fingerprint density at radius 3 is 2.29 bits per heavy atom. The van der Waals surface area contributed by atoms with Crippen LogP contribution < -0.4 is 5.32 Å². The first-order valence-corrected chi connectivity index (χ1v) is 8.94. The van der Waals surface area contributed by atoms with Crippen molar-refractivity contribution in [3.05, 3.63) is 49.1 Å². The highest BCUT2D eigenvalue weighted by molar-refractivity contribution is 7.89. The lowest BCUT2D eigenvalue weighted by Gasteiger charge is -2.20. The zero-order chi connectivity index (χ0) is 18.3. The Kier molecular flexibility index (Phi) is 7.18. The number of nitrogens with zero attached hydrogens (tertiary/aromatic N) is 2. The lowest BCUT2D eigenvalue weighted by Crippen LogP contribution is -2.35. The van der Waals surface area contributed by atoms with Crippen molar-refractivity contribution in [3.63, 3.8) is 0 Å². The van der Waals surface area contributed by atoms with Gasteiger partial charge >= 0.3 is 0 Å². The molecule has 1 aromatic carbocycles. The number of hydrogen-bond donors (Lipinski definition) is 1. The first-order valence-electron chi connectivity index (χ1n) is 7.50. The minimum Gasteiger partial charge on any atom is -0.376 e. The van der Waals surface area contributed by atoms with Gasteiger partial charge in [-0.2, -0.15) is 0 Å². The van der Waals surface area contributed by atoms with Crippen LogP contribution in [-0.4, -0.2) is 57.3 Å². The number of amides is 1. The molecule has 1 amide bonds. The molecule has 1 N–H and O–H groups in total. The van der Waals surface area contributed by atoms with E-state index in [1.54, 1.807) is 35.3 Å². The molecule has 0 unspecified atom stereocenters. The quantitative estimate of drug-likeness (QED) is 0.690. The van der Waals surface area contributed by atoms with E-state index >= 15 is 0 Å². The number of hydrogen-bond acceptors (Lipinski definition) is 4. The second-order valence-electron chi connectivity index (χ2n) is 5.49. The molecule has 0 saturated heterocycles. The average molecular weight is 351 g/mol. The summed E-state index contributed by atoms with van der Waals surface area (Å²) in [5.41, 5.74) is 1.47. The van der Waals surface area contributed by atoms with Crippen molar-refractivity contribution in [3.8, 4) is 0 Å². The maximum Gasteiger partial charge on any atom is 0.242 e. The van der Waals surface area contributed by atoms with E-state index in [4.69, 9.17) is 0 Å². The van der Waals surface area contributed by atoms with Gasteiger partial charge in [-0.05, 0) is 24.6 Å². The molecule has 6 nitrogen and oxygen atoms in total. The van der Waals surface area contributed by atoms with E-state index in [0.717, 1.165) is 9.87 Å². The van der Waals surface area contributed by atoms with Crippen LogP contribution in [0.2, 0.25) is 0 Å². The number of carbonyl (C=O) groups excluding carboxylic acids is 1. The van der Waals surface area contributed by atoms with E-state index in [0.29, 0.717) is 18.8 Å². The molecule has 0 atom stereocenters. The van der Waals surface area contributed by atoms with Crippen LogP contribution in [0.15, 0.2) is 48.4 Å². The monoisotopic (exact) mass is 351 g/mol. The summed E-state index contributed by atoms with van der Waals surface area (Å²) in [5.74, 6) is -0.116. The summed E-state index contributed by atoms with van der Waals surface area (Å²) in [6.07, 6.45) is 3.30. The number of rotatable bonds is 9. The molecular formula is C17H25N3O3S. The predicted molar refractivity (Wildman–Crippen MR) is 97.5 cm³/mol. The van der Waals surface area contributed by atoms with Gasteiger partial charge in [-0.1, -0.05) is 18.2 Å². The third kappa shape index (κ3) is 4.94. The summed E-state index contributed by atoms with van der Waals surface area (Å²) in [6, 6.07) is 4.82. The smallest absolute Gasteiger partial charge is 0.242 e. The van der Waals surface area contributed by atoms with Crippen molar-refractivity contribution in [1.29, 1.82) is 0 Å². The van der Waals surface area contributed by atoms with Gasteiger partial charge in [0.15, 0.2) is 0 Å². The van der Waals surface area contributed by atoms with Gasteiger partial charge in [0.1, 0.15) is 0 Å². The molecule has 132 valence electrons. The Morgan fingerprint density at radius 2 is 1.79 bits per heavy atom. The minimum atomic E-state index is -3.52. The minimum absolute atomic E-state index is 0.0635. The number of benzene rings is 1. The first kappa shape index (κ1) is 19.9. The van der Waals surface area contributed by atoms with Crippen molar-refractivity contribution in [1.82, 2.24) is 9.21 Å². The standard InChI is InChI=1S/C17H25N3O3S/c1-6-10-20(11-7-2)17(21)13-18-16-12-15(9-8-14(16)3)24(22,23)19(4)5/h6-9,12,18H,1-2,10-11,13H2,3-5H3. The molecule has 24 heavy (non-hydrogen) atoms. The van der Waals surface area contributed by atoms with Gasteiger partial charge in [0.25, 0.3) is 0 Å². The second-order valence-corrected chi connectivity index (χ2v) is 7.65. The highest BCUT2D eigenvalue weighted by atomic mass is 32.2. The molecule has 0 bridgehead atoms. The fourth-order valence-corrected chi connectivity index (χ4v) is 2.96. The highest BCUT2D eigenvalue weighted by Crippen LogP contribution is 2.21. The van der Waals surface area contributed by atoms with Gasteiger partial charge in [-0.25, -0.2) is 12.7 Å². The maximum absolute atomic E-state index is 12.2. The summed E-state index contributed by atoms with van der Waals surface area (Å²) in [5, 5.41) is 3.02. The number of carbonyl (C=O) groups is 1. The number of sulfonamides is 1. The molecule has 1 aromatic rings. The number of aryl methyl sites for hydroxylation is 1. The van der Waals surface area contributed by atoms with Gasteiger partial charge in [0.2, 0.25) is 15.9 Å². The van der Waals surface area contributed by atoms with Crippen LogP contribution in [0.1, 0.15) is 5.56 Å². The number of nitrogens with one attached hydrogen (secondary N) is 1. The van der Waals surface area contributed by atoms with Gasteiger partial charge in [0, 0.05) is 32.9 Å². The topological polar surface area (TPSA) is 69.7 Å². The molecule has 0 saturated carbocycles. The van der Waals surface area contributed by atoms with E-state index in [1.165, 1.54) is 14.1 Å². The zero-order valence-electron chi connectivity index (χ0n) is 14.4. The molecule has 0 spiro atoms. The molecule has 0 aromatic heterocycles. The summed E-state index contributed by atoms with van der Waals surface area (Å²) in [7, 11) is -0.556. The Morgan fingerprint density at radius 1 is 1.21 bits per heavy atom. The zero-order valence-corrected chi connectivity index (χ0v) is 15.3. The summed E-state index contributed by atoms with van der Waals surface area (Å²) in [4.78, 5) is 14.0. The Hall–Kier alpha value is -2.12. The van der Waals surface area contributed by atoms with Crippen LogP contribution in [0.3, 0.4) is 0 Å². The molecular weight excluding hydrogens is 326 g/mol. The molecule has 0 aliphatic rings. The lowest BCUT2D eigenvalue weighted by molar-refractivity contribution is -0.128. The number of anilines is 1. The van der Waals surface area contributed by atoms with Crippen molar-refractivity contribution in [2.75, 3.05) is 39.0 Å². The third-order valence-corrected chi connectivity index (χ3v) is 5.28. The fourth-order valence-electron chi connectivity index (χ4n) is 2.04.